The molecule has 5 nitrogen and oxygen atoms in total. The van der Waals surface area contributed by atoms with E-state index in [9.17, 15) is 4.39 Å². The summed E-state index contributed by atoms with van der Waals surface area (Å²) in [5.74, 6) is 0.938. The quantitative estimate of drug-likeness (QED) is 0.555. The van der Waals surface area contributed by atoms with Crippen LogP contribution in [-0.2, 0) is 0 Å². The minimum atomic E-state index is -0.275. The smallest absolute Gasteiger partial charge is 0.174 e. The normalized spacial score (nSPS) is 12.0. The van der Waals surface area contributed by atoms with Crippen molar-refractivity contribution in [2.75, 3.05) is 5.32 Å². The highest BCUT2D eigenvalue weighted by molar-refractivity contribution is 5.45. The number of nitrogens with one attached hydrogen (secondary N) is 1. The van der Waals surface area contributed by atoms with Gasteiger partial charge in [-0.05, 0) is 43.2 Å². The molecule has 0 radical (unpaired) electrons. The minimum absolute atomic E-state index is 0.262. The second-order valence-electron chi connectivity index (χ2n) is 6.64. The van der Waals surface area contributed by atoms with Crippen LogP contribution in [0, 0.1) is 19.7 Å². The van der Waals surface area contributed by atoms with E-state index in [0.29, 0.717) is 11.6 Å². The number of aromatic nitrogens is 4. The molecule has 0 amide bonds. The molecule has 0 aliphatic carbocycles. The number of rotatable bonds is 5. The SMILES string of the molecule is Cc1cc(C)n(-c2cncc(NC(c3ccccc3)c3cccc(F)c3)n2)n1. The fraction of sp³-hybridized carbons (Fsp3) is 0.136. The topological polar surface area (TPSA) is 55.6 Å². The Kier molecular flexibility index (Phi) is 4.85. The van der Waals surface area contributed by atoms with Crippen LogP contribution in [0.15, 0.2) is 73.1 Å². The van der Waals surface area contributed by atoms with Crippen LogP contribution < -0.4 is 5.32 Å². The molecule has 2 aromatic carbocycles. The maximum absolute atomic E-state index is 13.8. The van der Waals surface area contributed by atoms with Gasteiger partial charge in [0.05, 0.1) is 24.1 Å². The second-order valence-corrected chi connectivity index (χ2v) is 6.64. The van der Waals surface area contributed by atoms with E-state index < -0.39 is 0 Å². The number of aryl methyl sites for hydroxylation is 2. The van der Waals surface area contributed by atoms with Gasteiger partial charge in [-0.2, -0.15) is 5.10 Å². The Morgan fingerprint density at radius 3 is 2.43 bits per heavy atom. The minimum Gasteiger partial charge on any atom is -0.358 e. The van der Waals surface area contributed by atoms with Crippen LogP contribution in [0.2, 0.25) is 0 Å². The molecule has 4 rings (SSSR count). The largest absolute Gasteiger partial charge is 0.358 e. The number of benzene rings is 2. The lowest BCUT2D eigenvalue weighted by Gasteiger charge is -2.20. The zero-order valence-electron chi connectivity index (χ0n) is 15.7. The summed E-state index contributed by atoms with van der Waals surface area (Å²) in [6.07, 6.45) is 3.33. The number of nitrogens with zero attached hydrogens (tertiary/aromatic N) is 4. The van der Waals surface area contributed by atoms with Crippen molar-refractivity contribution < 1.29 is 4.39 Å². The molecule has 0 aliphatic heterocycles. The maximum Gasteiger partial charge on any atom is 0.174 e. The molecule has 0 spiro atoms. The molecule has 2 aromatic heterocycles. The fourth-order valence-electron chi connectivity index (χ4n) is 3.23. The number of hydrogen-bond donors (Lipinski definition) is 1. The summed E-state index contributed by atoms with van der Waals surface area (Å²) in [5, 5.41) is 7.86. The van der Waals surface area contributed by atoms with Crippen molar-refractivity contribution in [3.8, 4) is 5.82 Å². The fourth-order valence-corrected chi connectivity index (χ4v) is 3.23. The standard InChI is InChI=1S/C22H20FN5/c1-15-11-16(2)28(27-15)21-14-24-13-20(25-21)26-22(17-7-4-3-5-8-17)18-9-6-10-19(23)12-18/h3-14,22H,1-2H3,(H,25,26). The molecule has 1 atom stereocenters. The van der Waals surface area contributed by atoms with Crippen LogP contribution in [0.25, 0.3) is 5.82 Å². The summed E-state index contributed by atoms with van der Waals surface area (Å²) in [4.78, 5) is 8.97. The van der Waals surface area contributed by atoms with E-state index >= 15 is 0 Å². The molecule has 140 valence electrons. The van der Waals surface area contributed by atoms with Gasteiger partial charge in [0, 0.05) is 5.69 Å². The van der Waals surface area contributed by atoms with Crippen LogP contribution in [0.1, 0.15) is 28.6 Å². The summed E-state index contributed by atoms with van der Waals surface area (Å²) < 4.78 is 15.6. The Bertz CT molecular complexity index is 1090. The third kappa shape index (κ3) is 3.76. The monoisotopic (exact) mass is 373 g/mol. The molecule has 0 saturated carbocycles. The Morgan fingerprint density at radius 1 is 0.929 bits per heavy atom. The van der Waals surface area contributed by atoms with E-state index in [1.54, 1.807) is 23.1 Å². The van der Waals surface area contributed by atoms with Crippen LogP contribution in [0.3, 0.4) is 0 Å². The van der Waals surface area contributed by atoms with E-state index in [1.165, 1.54) is 12.1 Å². The lowest BCUT2D eigenvalue weighted by Crippen LogP contribution is -2.15. The Hall–Kier alpha value is -3.54. The molecule has 2 heterocycles. The highest BCUT2D eigenvalue weighted by Gasteiger charge is 2.16. The molecule has 0 fully saturated rings. The van der Waals surface area contributed by atoms with Crippen LogP contribution in [0.4, 0.5) is 10.2 Å². The van der Waals surface area contributed by atoms with Gasteiger partial charge in [-0.1, -0.05) is 42.5 Å². The van der Waals surface area contributed by atoms with E-state index in [0.717, 1.165) is 22.5 Å². The molecule has 28 heavy (non-hydrogen) atoms. The first-order valence-corrected chi connectivity index (χ1v) is 9.03. The van der Waals surface area contributed by atoms with Crippen LogP contribution in [-0.4, -0.2) is 19.7 Å². The molecule has 0 bridgehead atoms. The van der Waals surface area contributed by atoms with Gasteiger partial charge in [-0.15, -0.1) is 0 Å². The number of halogens is 1. The van der Waals surface area contributed by atoms with Crippen molar-refractivity contribution in [2.24, 2.45) is 0 Å². The zero-order valence-corrected chi connectivity index (χ0v) is 15.7. The molecule has 0 aliphatic rings. The average Bonchev–Trinajstić information content (AvgIpc) is 3.05. The van der Waals surface area contributed by atoms with Gasteiger partial charge in [0.2, 0.25) is 0 Å². The van der Waals surface area contributed by atoms with E-state index in [-0.39, 0.29) is 11.9 Å². The molecular weight excluding hydrogens is 353 g/mol. The van der Waals surface area contributed by atoms with Gasteiger partial charge in [0.1, 0.15) is 11.6 Å². The average molecular weight is 373 g/mol. The molecular formula is C22H20FN5. The summed E-state index contributed by atoms with van der Waals surface area (Å²) in [6.45, 7) is 3.91. The van der Waals surface area contributed by atoms with E-state index in [1.807, 2.05) is 56.3 Å². The van der Waals surface area contributed by atoms with Gasteiger partial charge >= 0.3 is 0 Å². The van der Waals surface area contributed by atoms with Crippen LogP contribution >= 0.6 is 0 Å². The third-order valence-electron chi connectivity index (χ3n) is 4.46. The van der Waals surface area contributed by atoms with Crippen molar-refractivity contribution >= 4 is 5.82 Å². The van der Waals surface area contributed by atoms with E-state index in [4.69, 9.17) is 0 Å². The molecule has 4 aromatic rings. The lowest BCUT2D eigenvalue weighted by atomic mass is 9.98. The van der Waals surface area contributed by atoms with Gasteiger partial charge in [-0.25, -0.2) is 14.1 Å². The predicted octanol–water partition coefficient (Wildman–Crippen LogP) is 4.62. The van der Waals surface area contributed by atoms with Crippen molar-refractivity contribution in [2.45, 2.75) is 19.9 Å². The Balaban J connectivity index is 1.71. The molecule has 0 saturated heterocycles. The summed E-state index contributed by atoms with van der Waals surface area (Å²) in [6, 6.07) is 18.2. The summed E-state index contributed by atoms with van der Waals surface area (Å²) in [7, 11) is 0. The molecule has 6 heteroatoms. The number of anilines is 1. The number of hydrogen-bond acceptors (Lipinski definition) is 4. The highest BCUT2D eigenvalue weighted by atomic mass is 19.1. The Morgan fingerprint density at radius 2 is 1.71 bits per heavy atom. The molecule has 1 N–H and O–H groups in total. The first kappa shape index (κ1) is 17.9. The van der Waals surface area contributed by atoms with Crippen molar-refractivity contribution in [3.05, 3.63) is 101 Å². The molecule has 1 unspecified atom stereocenters. The maximum atomic E-state index is 13.8. The first-order chi connectivity index (χ1) is 13.6. The highest BCUT2D eigenvalue weighted by Crippen LogP contribution is 2.26. The van der Waals surface area contributed by atoms with E-state index in [2.05, 4.69) is 20.4 Å². The first-order valence-electron chi connectivity index (χ1n) is 9.03. The summed E-state index contributed by atoms with van der Waals surface area (Å²) >= 11 is 0. The third-order valence-corrected chi connectivity index (χ3v) is 4.46. The van der Waals surface area contributed by atoms with Crippen molar-refractivity contribution in [1.82, 2.24) is 19.7 Å². The van der Waals surface area contributed by atoms with Gasteiger partial charge in [0.15, 0.2) is 5.82 Å². The van der Waals surface area contributed by atoms with Crippen LogP contribution in [0.5, 0.6) is 0 Å². The van der Waals surface area contributed by atoms with Gasteiger partial charge in [-0.3, -0.25) is 4.98 Å². The van der Waals surface area contributed by atoms with Crippen molar-refractivity contribution in [3.63, 3.8) is 0 Å². The lowest BCUT2D eigenvalue weighted by molar-refractivity contribution is 0.624. The van der Waals surface area contributed by atoms with Gasteiger partial charge < -0.3 is 5.32 Å². The Labute approximate surface area is 162 Å². The zero-order chi connectivity index (χ0) is 19.5. The van der Waals surface area contributed by atoms with Gasteiger partial charge in [0.25, 0.3) is 0 Å². The predicted molar refractivity (Wildman–Crippen MR) is 107 cm³/mol. The summed E-state index contributed by atoms with van der Waals surface area (Å²) in [5.41, 5.74) is 3.71. The van der Waals surface area contributed by atoms with Crippen molar-refractivity contribution in [1.29, 1.82) is 0 Å². The second kappa shape index (κ2) is 7.60.